The third kappa shape index (κ3) is 6.47. The first kappa shape index (κ1) is 16.8. The topological polar surface area (TPSA) is 46.5 Å². The molecule has 0 radical (unpaired) electrons. The Morgan fingerprint density at radius 1 is 0.909 bits per heavy atom. The maximum Gasteiger partial charge on any atom is 0.357 e. The molecule has 0 heterocycles. The van der Waals surface area contributed by atoms with Gasteiger partial charge in [-0.3, -0.25) is 4.79 Å². The first-order valence-corrected chi connectivity index (χ1v) is 9.54. The normalized spacial score (nSPS) is 10.4. The maximum atomic E-state index is 10.4. The molecule has 0 bridgehead atoms. The Bertz CT molecular complexity index is 567. The standard InChI is InChI=1S/C18H19IO3/c20-18(21)9-5-2-6-14-22-17-12-10-16(11-13-17)19-15-7-3-1-4-8-15/h1,3-4,7-8,10-13H,2,5-6,9,14H2/p+1. The number of unbranched alkanes of at least 4 members (excludes halogenated alkanes) is 2. The van der Waals surface area contributed by atoms with Crippen LogP contribution in [0.25, 0.3) is 0 Å². The van der Waals surface area contributed by atoms with E-state index in [1.54, 1.807) is 0 Å². The van der Waals surface area contributed by atoms with Crippen molar-refractivity contribution in [1.29, 1.82) is 0 Å². The minimum atomic E-state index is -0.724. The highest BCUT2D eigenvalue weighted by Gasteiger charge is 2.14. The Morgan fingerprint density at radius 2 is 1.59 bits per heavy atom. The van der Waals surface area contributed by atoms with E-state index in [-0.39, 0.29) is 27.6 Å². The van der Waals surface area contributed by atoms with E-state index in [1.807, 2.05) is 18.2 Å². The summed E-state index contributed by atoms with van der Waals surface area (Å²) in [6.45, 7) is 0.646. The molecule has 2 rings (SSSR count). The molecular formula is C18H20IO3+. The molecule has 0 saturated heterocycles. The van der Waals surface area contributed by atoms with Crippen LogP contribution in [0, 0.1) is 7.14 Å². The van der Waals surface area contributed by atoms with Crippen molar-refractivity contribution in [3.63, 3.8) is 0 Å². The van der Waals surface area contributed by atoms with Crippen molar-refractivity contribution in [3.8, 4) is 5.75 Å². The van der Waals surface area contributed by atoms with Gasteiger partial charge in [0.05, 0.1) is 6.61 Å². The fourth-order valence-corrected chi connectivity index (χ4v) is 4.16. The predicted molar refractivity (Wildman–Crippen MR) is 81.9 cm³/mol. The first-order chi connectivity index (χ1) is 10.7. The number of ether oxygens (including phenoxy) is 1. The zero-order chi connectivity index (χ0) is 15.6. The number of carboxylic acid groups (broad SMARTS) is 1. The van der Waals surface area contributed by atoms with Gasteiger partial charge in [0.1, 0.15) is 5.75 Å². The van der Waals surface area contributed by atoms with Crippen LogP contribution < -0.4 is 25.9 Å². The molecule has 116 valence electrons. The lowest BCUT2D eigenvalue weighted by atomic mass is 10.2. The fraction of sp³-hybridized carbons (Fsp3) is 0.278. The Hall–Kier alpha value is -1.56. The zero-order valence-corrected chi connectivity index (χ0v) is 14.5. The van der Waals surface area contributed by atoms with Crippen molar-refractivity contribution in [2.24, 2.45) is 0 Å². The predicted octanol–water partition coefficient (Wildman–Crippen LogP) is 0.839. The molecule has 4 heteroatoms. The van der Waals surface area contributed by atoms with E-state index in [9.17, 15) is 4.79 Å². The summed E-state index contributed by atoms with van der Waals surface area (Å²) in [6.07, 6.45) is 2.76. The number of hydrogen-bond acceptors (Lipinski definition) is 2. The highest BCUT2D eigenvalue weighted by Crippen LogP contribution is 2.09. The molecule has 0 amide bonds. The molecule has 2 aromatic rings. The molecular weight excluding hydrogens is 391 g/mol. The molecule has 0 aromatic heterocycles. The van der Waals surface area contributed by atoms with E-state index in [1.165, 1.54) is 7.14 Å². The summed E-state index contributed by atoms with van der Waals surface area (Å²) >= 11 is -0.124. The highest BCUT2D eigenvalue weighted by atomic mass is 127. The molecule has 1 N–H and O–H groups in total. The molecule has 22 heavy (non-hydrogen) atoms. The molecule has 0 saturated carbocycles. The zero-order valence-electron chi connectivity index (χ0n) is 12.4. The summed E-state index contributed by atoms with van der Waals surface area (Å²) in [4.78, 5) is 10.4. The Kier molecular flexibility index (Phi) is 7.22. The van der Waals surface area contributed by atoms with Crippen LogP contribution in [0.5, 0.6) is 5.75 Å². The first-order valence-electron chi connectivity index (χ1n) is 7.38. The quantitative estimate of drug-likeness (QED) is 0.492. The molecule has 0 fully saturated rings. The van der Waals surface area contributed by atoms with E-state index in [0.717, 1.165) is 25.0 Å². The van der Waals surface area contributed by atoms with Crippen LogP contribution in [-0.4, -0.2) is 17.7 Å². The lowest BCUT2D eigenvalue weighted by Gasteiger charge is -2.05. The van der Waals surface area contributed by atoms with Gasteiger partial charge in [0.2, 0.25) is 0 Å². The summed E-state index contributed by atoms with van der Waals surface area (Å²) in [7, 11) is 0. The average Bonchev–Trinajstić information content (AvgIpc) is 2.53. The van der Waals surface area contributed by atoms with Crippen LogP contribution in [0.1, 0.15) is 25.7 Å². The van der Waals surface area contributed by atoms with E-state index in [2.05, 4.69) is 36.4 Å². The Balaban J connectivity index is 1.69. The monoisotopic (exact) mass is 411 g/mol. The van der Waals surface area contributed by atoms with Gasteiger partial charge in [-0.05, 0) is 55.7 Å². The van der Waals surface area contributed by atoms with Crippen molar-refractivity contribution >= 4 is 5.97 Å². The molecule has 0 atom stereocenters. The molecule has 2 aromatic carbocycles. The molecule has 0 spiro atoms. The second-order valence-electron chi connectivity index (χ2n) is 4.90. The number of carboxylic acids is 1. The third-order valence-corrected chi connectivity index (χ3v) is 5.75. The SMILES string of the molecule is O=C(O)CCCCCOc1ccc([I+]c2ccccc2)cc1. The van der Waals surface area contributed by atoms with E-state index < -0.39 is 5.97 Å². The number of benzene rings is 2. The highest BCUT2D eigenvalue weighted by molar-refractivity contribution is 5.66. The number of aliphatic carboxylic acids is 1. The van der Waals surface area contributed by atoms with Crippen LogP contribution >= 0.6 is 0 Å². The van der Waals surface area contributed by atoms with E-state index in [0.29, 0.717) is 6.61 Å². The lowest BCUT2D eigenvalue weighted by Crippen LogP contribution is -3.61. The summed E-state index contributed by atoms with van der Waals surface area (Å²) in [6, 6.07) is 18.9. The van der Waals surface area contributed by atoms with E-state index >= 15 is 0 Å². The summed E-state index contributed by atoms with van der Waals surface area (Å²) in [5.41, 5.74) is 0. The van der Waals surface area contributed by atoms with Crippen molar-refractivity contribution in [3.05, 3.63) is 61.7 Å². The largest absolute Gasteiger partial charge is 0.494 e. The maximum absolute atomic E-state index is 10.4. The lowest BCUT2D eigenvalue weighted by molar-refractivity contribution is -0.597. The van der Waals surface area contributed by atoms with Gasteiger partial charge in [-0.15, -0.1) is 0 Å². The van der Waals surface area contributed by atoms with Crippen LogP contribution in [0.15, 0.2) is 54.6 Å². The fourth-order valence-electron chi connectivity index (χ4n) is 1.94. The third-order valence-electron chi connectivity index (χ3n) is 3.07. The van der Waals surface area contributed by atoms with Gasteiger partial charge in [-0.25, -0.2) is 0 Å². The minimum Gasteiger partial charge on any atom is -0.494 e. The van der Waals surface area contributed by atoms with Gasteiger partial charge in [0.15, 0.2) is 7.14 Å². The van der Waals surface area contributed by atoms with Crippen molar-refractivity contribution in [1.82, 2.24) is 0 Å². The van der Waals surface area contributed by atoms with Gasteiger partial charge in [0, 0.05) is 6.42 Å². The minimum absolute atomic E-state index is 0.124. The van der Waals surface area contributed by atoms with Gasteiger partial charge in [0.25, 0.3) is 0 Å². The number of carbonyl (C=O) groups is 1. The molecule has 0 aliphatic heterocycles. The van der Waals surface area contributed by atoms with Crippen molar-refractivity contribution in [2.75, 3.05) is 6.61 Å². The smallest absolute Gasteiger partial charge is 0.357 e. The van der Waals surface area contributed by atoms with Crippen molar-refractivity contribution in [2.45, 2.75) is 25.7 Å². The van der Waals surface area contributed by atoms with Crippen LogP contribution in [0.3, 0.4) is 0 Å². The van der Waals surface area contributed by atoms with Crippen molar-refractivity contribution < 1.29 is 35.8 Å². The second-order valence-corrected chi connectivity index (χ2v) is 7.93. The summed E-state index contributed by atoms with van der Waals surface area (Å²) < 4.78 is 8.47. The van der Waals surface area contributed by atoms with E-state index in [4.69, 9.17) is 9.84 Å². The van der Waals surface area contributed by atoms with Crippen LogP contribution in [0.4, 0.5) is 0 Å². The summed E-state index contributed by atoms with van der Waals surface area (Å²) in [5.74, 6) is 0.164. The van der Waals surface area contributed by atoms with Gasteiger partial charge in [-0.2, -0.15) is 0 Å². The number of rotatable bonds is 9. The number of halogens is 1. The average molecular weight is 411 g/mol. The second kappa shape index (κ2) is 9.46. The van der Waals surface area contributed by atoms with Gasteiger partial charge < -0.3 is 9.84 Å². The number of hydrogen-bond donors (Lipinski definition) is 1. The molecule has 0 aliphatic rings. The Labute approximate surface area is 141 Å². The Morgan fingerprint density at radius 3 is 2.27 bits per heavy atom. The van der Waals surface area contributed by atoms with Gasteiger partial charge >= 0.3 is 27.2 Å². The van der Waals surface area contributed by atoms with Crippen LogP contribution in [0.2, 0.25) is 0 Å². The molecule has 0 aliphatic carbocycles. The summed E-state index contributed by atoms with van der Waals surface area (Å²) in [5, 5.41) is 8.55. The molecule has 3 nitrogen and oxygen atoms in total. The van der Waals surface area contributed by atoms with Crippen LogP contribution in [-0.2, 0) is 4.79 Å². The molecule has 0 unspecified atom stereocenters. The van der Waals surface area contributed by atoms with Gasteiger partial charge in [-0.1, -0.05) is 18.2 Å².